The number of carbonyl (C=O) groups is 2. The lowest BCUT2D eigenvalue weighted by molar-refractivity contribution is -0.125. The summed E-state index contributed by atoms with van der Waals surface area (Å²) in [5.41, 5.74) is -0.698. The van der Waals surface area contributed by atoms with Gasteiger partial charge in [0, 0.05) is 13.2 Å². The Labute approximate surface area is 205 Å². The topological polar surface area (TPSA) is 119 Å². The molecule has 0 saturated heterocycles. The third-order valence-electron chi connectivity index (χ3n) is 4.47. The first-order valence-corrected chi connectivity index (χ1v) is 10.8. The van der Waals surface area contributed by atoms with Gasteiger partial charge in [-0.3, -0.25) is 14.6 Å². The van der Waals surface area contributed by atoms with Crippen LogP contribution in [0.2, 0.25) is 5.02 Å². The first kappa shape index (κ1) is 25.6. The van der Waals surface area contributed by atoms with Crippen LogP contribution < -0.4 is 31.0 Å². The predicted molar refractivity (Wildman–Crippen MR) is 122 cm³/mol. The standard InChI is InChI=1S/C20H18BrClF3N5O4/c1-27-18(31)10-9-13-16(34-8-7-33-13)14(21)15(10)29-19(32)12(4-5-20(23,24)25)30(26)17-11(22)3-2-6-28-17/h2-4,6,9H,5,7-8,26H2,1H3,(H,27,31)(H,29,32)/b12-4-. The second kappa shape index (κ2) is 10.5. The number of halogens is 5. The number of hydrazine groups is 1. The summed E-state index contributed by atoms with van der Waals surface area (Å²) >= 11 is 9.33. The van der Waals surface area contributed by atoms with E-state index in [1.807, 2.05) is 0 Å². The molecular weight excluding hydrogens is 547 g/mol. The number of nitrogens with two attached hydrogens (primary N) is 1. The van der Waals surface area contributed by atoms with Crippen molar-refractivity contribution in [3.63, 3.8) is 0 Å². The molecule has 3 rings (SSSR count). The molecule has 0 spiro atoms. The molecule has 0 atom stereocenters. The molecule has 34 heavy (non-hydrogen) atoms. The van der Waals surface area contributed by atoms with E-state index in [4.69, 9.17) is 26.9 Å². The van der Waals surface area contributed by atoms with Gasteiger partial charge in [0.2, 0.25) is 0 Å². The lowest BCUT2D eigenvalue weighted by Gasteiger charge is -2.25. The molecule has 14 heteroatoms. The molecule has 0 aliphatic carbocycles. The van der Waals surface area contributed by atoms with Crippen LogP contribution in [0.3, 0.4) is 0 Å². The summed E-state index contributed by atoms with van der Waals surface area (Å²) in [4.78, 5) is 29.6. The normalized spacial score (nSPS) is 13.3. The molecule has 1 aliphatic heterocycles. The molecule has 4 N–H and O–H groups in total. The van der Waals surface area contributed by atoms with Crippen molar-refractivity contribution in [3.8, 4) is 11.5 Å². The average molecular weight is 565 g/mol. The number of amides is 2. The van der Waals surface area contributed by atoms with Crippen molar-refractivity contribution in [2.45, 2.75) is 12.6 Å². The van der Waals surface area contributed by atoms with Gasteiger partial charge in [0.15, 0.2) is 17.3 Å². The number of nitrogens with zero attached hydrogens (tertiary/aromatic N) is 2. The summed E-state index contributed by atoms with van der Waals surface area (Å²) in [7, 11) is 1.37. The largest absolute Gasteiger partial charge is 0.486 e. The maximum Gasteiger partial charge on any atom is 0.392 e. The van der Waals surface area contributed by atoms with Gasteiger partial charge in [-0.15, -0.1) is 0 Å². The number of rotatable bonds is 6. The van der Waals surface area contributed by atoms with Crippen molar-refractivity contribution in [1.82, 2.24) is 10.3 Å². The summed E-state index contributed by atoms with van der Waals surface area (Å²) < 4.78 is 50.1. The number of benzene rings is 1. The minimum Gasteiger partial charge on any atom is -0.486 e. The van der Waals surface area contributed by atoms with Crippen molar-refractivity contribution in [1.29, 1.82) is 0 Å². The number of aromatic nitrogens is 1. The number of hydrogen-bond donors (Lipinski definition) is 3. The molecule has 0 fully saturated rings. The number of fused-ring (bicyclic) bond motifs is 1. The highest BCUT2D eigenvalue weighted by atomic mass is 79.9. The average Bonchev–Trinajstić information content (AvgIpc) is 2.79. The Morgan fingerprint density at radius 1 is 1.35 bits per heavy atom. The van der Waals surface area contributed by atoms with E-state index in [9.17, 15) is 22.8 Å². The summed E-state index contributed by atoms with van der Waals surface area (Å²) in [6.45, 7) is 0.458. The van der Waals surface area contributed by atoms with Crippen molar-refractivity contribution >= 4 is 50.9 Å². The Balaban J connectivity index is 2.06. The first-order chi connectivity index (χ1) is 16.0. The fourth-order valence-electron chi connectivity index (χ4n) is 2.94. The van der Waals surface area contributed by atoms with Crippen LogP contribution in [0.5, 0.6) is 11.5 Å². The summed E-state index contributed by atoms with van der Waals surface area (Å²) in [5.74, 6) is 4.62. The van der Waals surface area contributed by atoms with Gasteiger partial charge < -0.3 is 20.1 Å². The van der Waals surface area contributed by atoms with Crippen LogP contribution in [-0.4, -0.2) is 43.2 Å². The van der Waals surface area contributed by atoms with Gasteiger partial charge in [-0.05, 0) is 40.2 Å². The molecule has 1 aromatic heterocycles. The third kappa shape index (κ3) is 5.72. The van der Waals surface area contributed by atoms with Gasteiger partial charge in [-0.2, -0.15) is 13.2 Å². The molecule has 0 unspecified atom stereocenters. The summed E-state index contributed by atoms with van der Waals surface area (Å²) in [6.07, 6.45) is -4.18. The minimum atomic E-state index is -4.62. The quantitative estimate of drug-likeness (QED) is 0.278. The van der Waals surface area contributed by atoms with E-state index in [0.29, 0.717) is 11.1 Å². The number of hydrogen-bond acceptors (Lipinski definition) is 7. The van der Waals surface area contributed by atoms with E-state index >= 15 is 0 Å². The Hall–Kier alpha value is -3.03. The van der Waals surface area contributed by atoms with E-state index < -0.39 is 30.1 Å². The second-order valence-corrected chi connectivity index (χ2v) is 7.96. The van der Waals surface area contributed by atoms with E-state index in [1.54, 1.807) is 0 Å². The zero-order valence-electron chi connectivity index (χ0n) is 17.5. The molecule has 182 valence electrons. The summed E-state index contributed by atoms with van der Waals surface area (Å²) in [6, 6.07) is 4.24. The van der Waals surface area contributed by atoms with Crippen molar-refractivity contribution in [3.05, 3.63) is 51.2 Å². The Kier molecular flexibility index (Phi) is 7.89. The number of alkyl halides is 3. The van der Waals surface area contributed by atoms with Gasteiger partial charge in [0.05, 0.1) is 27.2 Å². The zero-order valence-corrected chi connectivity index (χ0v) is 19.8. The number of carbonyl (C=O) groups excluding carboxylic acids is 2. The van der Waals surface area contributed by atoms with E-state index in [-0.39, 0.29) is 51.3 Å². The predicted octanol–water partition coefficient (Wildman–Crippen LogP) is 3.78. The van der Waals surface area contributed by atoms with Crippen LogP contribution in [0.25, 0.3) is 0 Å². The van der Waals surface area contributed by atoms with Crippen molar-refractivity contribution < 1.29 is 32.2 Å². The minimum absolute atomic E-state index is 0.00210. The highest BCUT2D eigenvalue weighted by Crippen LogP contribution is 2.44. The van der Waals surface area contributed by atoms with Gasteiger partial charge in [-0.1, -0.05) is 11.6 Å². The molecule has 0 radical (unpaired) electrons. The Bertz CT molecular complexity index is 1150. The van der Waals surface area contributed by atoms with E-state index in [1.165, 1.54) is 31.4 Å². The van der Waals surface area contributed by atoms with Crippen LogP contribution in [0.15, 0.2) is 40.6 Å². The molecule has 0 saturated carbocycles. The molecule has 1 aliphatic rings. The van der Waals surface area contributed by atoms with Crippen LogP contribution in [0, 0.1) is 0 Å². The molecule has 2 aromatic rings. The number of allylic oxidation sites excluding steroid dienone is 1. The Morgan fingerprint density at radius 2 is 2.06 bits per heavy atom. The number of ether oxygens (including phenoxy) is 2. The molecule has 9 nitrogen and oxygen atoms in total. The van der Waals surface area contributed by atoms with E-state index in [2.05, 4.69) is 31.5 Å². The summed E-state index contributed by atoms with van der Waals surface area (Å²) in [5, 5.41) is 5.50. The first-order valence-electron chi connectivity index (χ1n) is 9.61. The fourth-order valence-corrected chi connectivity index (χ4v) is 3.78. The van der Waals surface area contributed by atoms with Crippen LogP contribution in [-0.2, 0) is 4.79 Å². The number of nitrogens with one attached hydrogen (secondary N) is 2. The maximum absolute atomic E-state index is 13.2. The molecule has 2 heterocycles. The highest BCUT2D eigenvalue weighted by molar-refractivity contribution is 9.10. The smallest absolute Gasteiger partial charge is 0.392 e. The van der Waals surface area contributed by atoms with Gasteiger partial charge >= 0.3 is 6.18 Å². The maximum atomic E-state index is 13.2. The lowest BCUT2D eigenvalue weighted by Crippen LogP contribution is -2.38. The Morgan fingerprint density at radius 3 is 2.71 bits per heavy atom. The number of anilines is 2. The monoisotopic (exact) mass is 563 g/mol. The lowest BCUT2D eigenvalue weighted by atomic mass is 10.1. The van der Waals surface area contributed by atoms with Crippen LogP contribution in [0.1, 0.15) is 16.8 Å². The SMILES string of the molecule is CNC(=O)c1cc2c(c(Br)c1NC(=O)/C(=C/CC(F)(F)F)N(N)c1ncccc1Cl)OCCO2. The number of pyridine rings is 1. The van der Waals surface area contributed by atoms with Crippen LogP contribution in [0.4, 0.5) is 24.7 Å². The molecule has 2 amide bonds. The van der Waals surface area contributed by atoms with Gasteiger partial charge in [0.1, 0.15) is 18.9 Å². The molecule has 1 aromatic carbocycles. The van der Waals surface area contributed by atoms with E-state index in [0.717, 1.165) is 0 Å². The zero-order chi connectivity index (χ0) is 25.0. The third-order valence-corrected chi connectivity index (χ3v) is 5.52. The van der Waals surface area contributed by atoms with Gasteiger partial charge in [0.25, 0.3) is 11.8 Å². The van der Waals surface area contributed by atoms with Crippen molar-refractivity contribution in [2.75, 3.05) is 30.6 Å². The molecular formula is C20H18BrClF3N5O4. The van der Waals surface area contributed by atoms with Crippen LogP contribution >= 0.6 is 27.5 Å². The second-order valence-electron chi connectivity index (χ2n) is 6.76. The fraction of sp³-hybridized carbons (Fsp3) is 0.250. The van der Waals surface area contributed by atoms with Gasteiger partial charge in [-0.25, -0.2) is 10.8 Å². The van der Waals surface area contributed by atoms with Crippen molar-refractivity contribution in [2.24, 2.45) is 5.84 Å². The highest BCUT2D eigenvalue weighted by Gasteiger charge is 2.30. The molecule has 0 bridgehead atoms.